The summed E-state index contributed by atoms with van der Waals surface area (Å²) in [6.07, 6.45) is 0. The van der Waals surface area contributed by atoms with Gasteiger partial charge in [-0.3, -0.25) is 0 Å². The van der Waals surface area contributed by atoms with Gasteiger partial charge in [-0.25, -0.2) is 0 Å². The highest BCUT2D eigenvalue weighted by Gasteiger charge is 2.25. The van der Waals surface area contributed by atoms with Crippen molar-refractivity contribution in [1.29, 1.82) is 0 Å². The van der Waals surface area contributed by atoms with Crippen LogP contribution in [0.4, 0.5) is 0 Å². The number of rotatable bonds is 0. The fourth-order valence-electron chi connectivity index (χ4n) is 3.30. The summed E-state index contributed by atoms with van der Waals surface area (Å²) in [5.41, 5.74) is 1.61. The van der Waals surface area contributed by atoms with Gasteiger partial charge < -0.3 is 0 Å². The van der Waals surface area contributed by atoms with Crippen molar-refractivity contribution >= 4 is 64.9 Å². The monoisotopic (exact) mass is 416 g/mol. The lowest BCUT2D eigenvalue weighted by Crippen LogP contribution is -2.14. The highest BCUT2D eigenvalue weighted by atomic mass is 127. The van der Waals surface area contributed by atoms with Gasteiger partial charge in [-0.15, -0.1) is 11.3 Å². The summed E-state index contributed by atoms with van der Waals surface area (Å²) in [5.74, 6) is 0. The Hall–Kier alpha value is -1.13. The number of halogens is 1. The molecule has 0 unspecified atom stereocenters. The normalized spacial score (nSPS) is 12.5. The zero-order valence-electron chi connectivity index (χ0n) is 12.9. The quantitative estimate of drug-likeness (QED) is 0.268. The number of hydrogen-bond acceptors (Lipinski definition) is 1. The van der Waals surface area contributed by atoms with Crippen LogP contribution in [0.15, 0.2) is 48.5 Å². The zero-order chi connectivity index (χ0) is 15.5. The van der Waals surface area contributed by atoms with E-state index in [2.05, 4.69) is 91.9 Å². The maximum Gasteiger partial charge on any atom is 0.0437 e. The second-order valence-corrected chi connectivity index (χ2v) is 8.92. The van der Waals surface area contributed by atoms with Gasteiger partial charge in [-0.2, -0.15) is 0 Å². The van der Waals surface area contributed by atoms with Crippen molar-refractivity contribution in [1.82, 2.24) is 0 Å². The summed E-state index contributed by atoms with van der Waals surface area (Å²) < 4.78 is 4.22. The van der Waals surface area contributed by atoms with E-state index in [4.69, 9.17) is 0 Å². The van der Waals surface area contributed by atoms with Gasteiger partial charge in [0.2, 0.25) is 0 Å². The summed E-state index contributed by atoms with van der Waals surface area (Å²) >= 11 is 4.47. The van der Waals surface area contributed by atoms with E-state index in [9.17, 15) is 0 Å². The lowest BCUT2D eigenvalue weighted by Gasteiger charge is -2.24. The molecule has 0 fully saturated rings. The van der Waals surface area contributed by atoms with Crippen LogP contribution in [0, 0.1) is 3.57 Å². The third-order valence-corrected chi connectivity index (χ3v) is 6.55. The zero-order valence-corrected chi connectivity index (χ0v) is 15.9. The Balaban J connectivity index is 2.39. The van der Waals surface area contributed by atoms with Crippen LogP contribution in [0.2, 0.25) is 0 Å². The van der Waals surface area contributed by atoms with Crippen molar-refractivity contribution in [3.8, 4) is 0 Å². The molecule has 2 heteroatoms. The van der Waals surface area contributed by atoms with Crippen LogP contribution < -0.4 is 0 Å². The minimum absolute atomic E-state index is 0.128. The number of benzene rings is 3. The molecule has 0 bridgehead atoms. The van der Waals surface area contributed by atoms with Crippen LogP contribution in [0.25, 0.3) is 30.9 Å². The molecule has 0 spiro atoms. The van der Waals surface area contributed by atoms with Crippen molar-refractivity contribution < 1.29 is 0 Å². The summed E-state index contributed by atoms with van der Waals surface area (Å²) in [4.78, 5) is 0. The molecule has 0 saturated carbocycles. The first kappa shape index (κ1) is 14.5. The van der Waals surface area contributed by atoms with Gasteiger partial charge in [-0.1, -0.05) is 63.2 Å². The largest absolute Gasteiger partial charge is 0.135 e. The van der Waals surface area contributed by atoms with Crippen LogP contribution >= 0.6 is 33.9 Å². The topological polar surface area (TPSA) is 0 Å². The smallest absolute Gasteiger partial charge is 0.0437 e. The lowest BCUT2D eigenvalue weighted by molar-refractivity contribution is 0.594. The van der Waals surface area contributed by atoms with Gasteiger partial charge in [0.15, 0.2) is 0 Å². The standard InChI is InChI=1S/C20H17IS/c1-20(2,3)17-16-14-10-6-7-11-15(14)22-19(16)13-9-5-4-8-12(13)18(17)21/h4-11H,1-3H3. The summed E-state index contributed by atoms with van der Waals surface area (Å²) in [7, 11) is 0. The van der Waals surface area contributed by atoms with Crippen LogP contribution in [0.3, 0.4) is 0 Å². The highest BCUT2D eigenvalue weighted by Crippen LogP contribution is 2.46. The summed E-state index contributed by atoms with van der Waals surface area (Å²) in [6.45, 7) is 6.97. The number of thiophene rings is 1. The Morgan fingerprint density at radius 3 is 2.09 bits per heavy atom. The summed E-state index contributed by atoms with van der Waals surface area (Å²) in [5, 5.41) is 5.62. The molecule has 0 radical (unpaired) electrons. The van der Waals surface area contributed by atoms with Gasteiger partial charge in [-0.05, 0) is 45.0 Å². The predicted molar refractivity (Wildman–Crippen MR) is 108 cm³/mol. The molecule has 0 aliphatic rings. The second kappa shape index (κ2) is 4.93. The van der Waals surface area contributed by atoms with Crippen molar-refractivity contribution in [3.63, 3.8) is 0 Å². The Bertz CT molecular complexity index is 1020. The first-order valence-electron chi connectivity index (χ1n) is 7.50. The van der Waals surface area contributed by atoms with Gasteiger partial charge in [0.25, 0.3) is 0 Å². The van der Waals surface area contributed by atoms with Crippen LogP contribution in [-0.4, -0.2) is 0 Å². The van der Waals surface area contributed by atoms with Crippen molar-refractivity contribution in [2.45, 2.75) is 26.2 Å². The highest BCUT2D eigenvalue weighted by molar-refractivity contribution is 14.1. The van der Waals surface area contributed by atoms with Gasteiger partial charge in [0.05, 0.1) is 0 Å². The van der Waals surface area contributed by atoms with Crippen molar-refractivity contribution in [2.24, 2.45) is 0 Å². The van der Waals surface area contributed by atoms with E-state index in [0.717, 1.165) is 0 Å². The molecular weight excluding hydrogens is 399 g/mol. The average Bonchev–Trinajstić information content (AvgIpc) is 2.86. The van der Waals surface area contributed by atoms with E-state index >= 15 is 0 Å². The van der Waals surface area contributed by atoms with E-state index in [-0.39, 0.29) is 5.41 Å². The van der Waals surface area contributed by atoms with Gasteiger partial charge in [0, 0.05) is 29.1 Å². The average molecular weight is 416 g/mol. The lowest BCUT2D eigenvalue weighted by atomic mass is 9.83. The molecule has 0 aliphatic carbocycles. The van der Waals surface area contributed by atoms with E-state index in [1.165, 1.54) is 40.1 Å². The molecule has 0 N–H and O–H groups in total. The Labute approximate surface area is 148 Å². The number of hydrogen-bond donors (Lipinski definition) is 0. The molecule has 22 heavy (non-hydrogen) atoms. The minimum Gasteiger partial charge on any atom is -0.135 e. The molecule has 0 aliphatic heterocycles. The fraction of sp³-hybridized carbons (Fsp3) is 0.200. The third kappa shape index (κ3) is 2.00. The molecule has 3 aromatic carbocycles. The molecule has 4 rings (SSSR count). The van der Waals surface area contributed by atoms with E-state index in [1.54, 1.807) is 0 Å². The first-order chi connectivity index (χ1) is 10.5. The molecule has 0 saturated heterocycles. The van der Waals surface area contributed by atoms with Gasteiger partial charge in [0.1, 0.15) is 0 Å². The Kier molecular flexibility index (Phi) is 3.24. The fourth-order valence-corrected chi connectivity index (χ4v) is 6.10. The molecular formula is C20H17IS. The molecule has 1 aromatic heterocycles. The SMILES string of the molecule is CC(C)(C)c1c(I)c2ccccc2c2sc3ccccc3c12. The van der Waals surface area contributed by atoms with Crippen LogP contribution in [-0.2, 0) is 5.41 Å². The van der Waals surface area contributed by atoms with Crippen LogP contribution in [0.1, 0.15) is 26.3 Å². The Morgan fingerprint density at radius 1 is 0.818 bits per heavy atom. The molecule has 0 amide bonds. The predicted octanol–water partition coefficient (Wildman–Crippen LogP) is 7.11. The summed E-state index contributed by atoms with van der Waals surface area (Å²) in [6, 6.07) is 17.6. The van der Waals surface area contributed by atoms with Gasteiger partial charge >= 0.3 is 0 Å². The number of fused-ring (bicyclic) bond motifs is 5. The van der Waals surface area contributed by atoms with E-state index < -0.39 is 0 Å². The van der Waals surface area contributed by atoms with Crippen molar-refractivity contribution in [2.75, 3.05) is 0 Å². The maximum absolute atomic E-state index is 2.55. The minimum atomic E-state index is 0.128. The Morgan fingerprint density at radius 2 is 1.41 bits per heavy atom. The third-order valence-electron chi connectivity index (χ3n) is 4.22. The molecule has 0 atom stereocenters. The van der Waals surface area contributed by atoms with E-state index in [0.29, 0.717) is 0 Å². The first-order valence-corrected chi connectivity index (χ1v) is 9.40. The maximum atomic E-state index is 2.55. The second-order valence-electron chi connectivity index (χ2n) is 6.79. The molecule has 110 valence electrons. The van der Waals surface area contributed by atoms with Crippen LogP contribution in [0.5, 0.6) is 0 Å². The van der Waals surface area contributed by atoms with Crippen molar-refractivity contribution in [3.05, 3.63) is 57.7 Å². The molecule has 4 aromatic rings. The molecule has 1 heterocycles. The van der Waals surface area contributed by atoms with E-state index in [1.807, 2.05) is 11.3 Å². The molecule has 0 nitrogen and oxygen atoms in total.